The number of rotatable bonds is 6. The maximum atomic E-state index is 3.85. The van der Waals surface area contributed by atoms with Crippen molar-refractivity contribution in [3.05, 3.63) is 35.9 Å². The molecule has 0 radical (unpaired) electrons. The van der Waals surface area contributed by atoms with E-state index in [0.717, 1.165) is 6.54 Å². The van der Waals surface area contributed by atoms with E-state index in [4.69, 9.17) is 0 Å². The van der Waals surface area contributed by atoms with Crippen LogP contribution in [0.2, 0.25) is 0 Å². The highest BCUT2D eigenvalue weighted by molar-refractivity contribution is 5.19. The summed E-state index contributed by atoms with van der Waals surface area (Å²) in [6.07, 6.45) is 9.55. The molecule has 1 aliphatic carbocycles. The van der Waals surface area contributed by atoms with Gasteiger partial charge in [-0.1, -0.05) is 50.1 Å². The normalized spacial score (nSPS) is 23.5. The Morgan fingerprint density at radius 1 is 1.05 bits per heavy atom. The Balaban J connectivity index is 1.82. The van der Waals surface area contributed by atoms with Crippen molar-refractivity contribution in [3.63, 3.8) is 0 Å². The minimum absolute atomic E-state index is 0.419. The van der Waals surface area contributed by atoms with Gasteiger partial charge in [0.2, 0.25) is 0 Å². The molecule has 2 aliphatic rings. The number of benzene rings is 1. The van der Waals surface area contributed by atoms with Crippen LogP contribution in [0.5, 0.6) is 0 Å². The van der Waals surface area contributed by atoms with Crippen LogP contribution in [0.15, 0.2) is 30.3 Å². The summed E-state index contributed by atoms with van der Waals surface area (Å²) in [5, 5.41) is 3.85. The minimum atomic E-state index is 0.419. The molecule has 116 valence electrons. The Hall–Kier alpha value is -0.860. The molecule has 1 aliphatic heterocycles. The molecule has 1 aromatic carbocycles. The smallest absolute Gasteiger partial charge is 0.0365 e. The molecule has 2 fully saturated rings. The summed E-state index contributed by atoms with van der Waals surface area (Å²) < 4.78 is 0. The first-order chi connectivity index (χ1) is 10.3. The van der Waals surface area contributed by atoms with Crippen LogP contribution in [0.25, 0.3) is 0 Å². The van der Waals surface area contributed by atoms with Gasteiger partial charge in [-0.25, -0.2) is 0 Å². The number of likely N-dealkylation sites (tertiary alicyclic amines) is 1. The van der Waals surface area contributed by atoms with Crippen LogP contribution in [0.4, 0.5) is 0 Å². The summed E-state index contributed by atoms with van der Waals surface area (Å²) in [4.78, 5) is 2.83. The predicted molar refractivity (Wildman–Crippen MR) is 89.6 cm³/mol. The molecular weight excluding hydrogens is 256 g/mol. The van der Waals surface area contributed by atoms with E-state index in [0.29, 0.717) is 11.6 Å². The third-order valence-electron chi connectivity index (χ3n) is 5.59. The number of nitrogens with one attached hydrogen (secondary N) is 1. The largest absolute Gasteiger partial charge is 0.312 e. The second-order valence-electron chi connectivity index (χ2n) is 6.80. The lowest BCUT2D eigenvalue weighted by Gasteiger charge is -2.45. The fourth-order valence-corrected chi connectivity index (χ4v) is 4.58. The van der Waals surface area contributed by atoms with Gasteiger partial charge in [-0.2, -0.15) is 0 Å². The summed E-state index contributed by atoms with van der Waals surface area (Å²) in [6.45, 7) is 5.96. The average molecular weight is 286 g/mol. The average Bonchev–Trinajstić information content (AvgIpc) is 3.20. The van der Waals surface area contributed by atoms with Gasteiger partial charge in [0.15, 0.2) is 0 Å². The maximum Gasteiger partial charge on any atom is 0.0365 e. The van der Waals surface area contributed by atoms with Gasteiger partial charge in [-0.3, -0.25) is 4.90 Å². The zero-order valence-corrected chi connectivity index (χ0v) is 13.5. The summed E-state index contributed by atoms with van der Waals surface area (Å²) in [7, 11) is 0. The van der Waals surface area contributed by atoms with Crippen LogP contribution < -0.4 is 5.32 Å². The lowest BCUT2D eigenvalue weighted by molar-refractivity contribution is 0.0772. The highest BCUT2D eigenvalue weighted by Crippen LogP contribution is 2.41. The van der Waals surface area contributed by atoms with Crippen LogP contribution >= 0.6 is 0 Å². The standard InChI is InChI=1S/C19H30N2/c1-2-20-18(16-17-10-4-3-5-11-17)19(12-6-7-13-19)21-14-8-9-15-21/h3-5,10-11,18,20H,2,6-9,12-16H2,1H3. The zero-order chi connectivity index (χ0) is 14.5. The fraction of sp³-hybridized carbons (Fsp3) is 0.684. The van der Waals surface area contributed by atoms with Crippen molar-refractivity contribution in [1.82, 2.24) is 10.2 Å². The second-order valence-corrected chi connectivity index (χ2v) is 6.80. The first kappa shape index (κ1) is 15.1. The van der Waals surface area contributed by atoms with E-state index in [1.54, 1.807) is 0 Å². The Bertz CT molecular complexity index is 416. The highest BCUT2D eigenvalue weighted by Gasteiger charge is 2.46. The molecule has 1 saturated heterocycles. The van der Waals surface area contributed by atoms with Crippen molar-refractivity contribution < 1.29 is 0 Å². The van der Waals surface area contributed by atoms with Crippen LogP contribution in [0.3, 0.4) is 0 Å². The predicted octanol–water partition coefficient (Wildman–Crippen LogP) is 3.62. The Labute approximate surface area is 129 Å². The van der Waals surface area contributed by atoms with Crippen molar-refractivity contribution >= 4 is 0 Å². The van der Waals surface area contributed by atoms with E-state index in [9.17, 15) is 0 Å². The molecule has 2 heteroatoms. The molecule has 0 spiro atoms. The summed E-state index contributed by atoms with van der Waals surface area (Å²) in [5.41, 5.74) is 1.90. The van der Waals surface area contributed by atoms with Crippen LogP contribution in [0, 0.1) is 0 Å². The van der Waals surface area contributed by atoms with Gasteiger partial charge in [0, 0.05) is 11.6 Å². The molecule has 0 aromatic heterocycles. The summed E-state index contributed by atoms with van der Waals surface area (Å²) >= 11 is 0. The van der Waals surface area contributed by atoms with Gasteiger partial charge >= 0.3 is 0 Å². The quantitative estimate of drug-likeness (QED) is 0.859. The molecule has 1 saturated carbocycles. The van der Waals surface area contributed by atoms with Gasteiger partial charge < -0.3 is 5.32 Å². The molecule has 1 N–H and O–H groups in total. The van der Waals surface area contributed by atoms with E-state index < -0.39 is 0 Å². The van der Waals surface area contributed by atoms with Crippen molar-refractivity contribution in [2.75, 3.05) is 19.6 Å². The number of hydrogen-bond donors (Lipinski definition) is 1. The fourth-order valence-electron chi connectivity index (χ4n) is 4.58. The van der Waals surface area contributed by atoms with E-state index >= 15 is 0 Å². The first-order valence-electron chi connectivity index (χ1n) is 8.87. The Morgan fingerprint density at radius 2 is 1.71 bits per heavy atom. The lowest BCUT2D eigenvalue weighted by Crippen LogP contribution is -2.60. The molecule has 21 heavy (non-hydrogen) atoms. The van der Waals surface area contributed by atoms with Crippen LogP contribution in [-0.2, 0) is 6.42 Å². The van der Waals surface area contributed by atoms with Crippen LogP contribution in [-0.4, -0.2) is 36.1 Å². The van der Waals surface area contributed by atoms with Gasteiger partial charge in [0.1, 0.15) is 0 Å². The zero-order valence-electron chi connectivity index (χ0n) is 13.5. The number of likely N-dealkylation sites (N-methyl/N-ethyl adjacent to an activating group) is 1. The van der Waals surface area contributed by atoms with Crippen molar-refractivity contribution in [2.24, 2.45) is 0 Å². The Kier molecular flexibility index (Phi) is 4.97. The van der Waals surface area contributed by atoms with E-state index in [2.05, 4.69) is 47.5 Å². The molecule has 3 rings (SSSR count). The van der Waals surface area contributed by atoms with Crippen molar-refractivity contribution in [2.45, 2.75) is 63.5 Å². The van der Waals surface area contributed by atoms with Crippen molar-refractivity contribution in [3.8, 4) is 0 Å². The second kappa shape index (κ2) is 6.93. The lowest BCUT2D eigenvalue weighted by atomic mass is 9.82. The van der Waals surface area contributed by atoms with E-state index in [-0.39, 0.29) is 0 Å². The molecule has 1 aromatic rings. The highest BCUT2D eigenvalue weighted by atomic mass is 15.2. The topological polar surface area (TPSA) is 15.3 Å². The van der Waals surface area contributed by atoms with Gasteiger partial charge in [-0.15, -0.1) is 0 Å². The molecule has 0 amide bonds. The third-order valence-corrected chi connectivity index (χ3v) is 5.59. The monoisotopic (exact) mass is 286 g/mol. The molecule has 0 bridgehead atoms. The first-order valence-corrected chi connectivity index (χ1v) is 8.87. The summed E-state index contributed by atoms with van der Waals surface area (Å²) in [5.74, 6) is 0. The number of hydrogen-bond acceptors (Lipinski definition) is 2. The van der Waals surface area contributed by atoms with E-state index in [1.165, 1.54) is 63.6 Å². The minimum Gasteiger partial charge on any atom is -0.312 e. The van der Waals surface area contributed by atoms with Gasteiger partial charge in [-0.05, 0) is 57.3 Å². The summed E-state index contributed by atoms with van der Waals surface area (Å²) in [6, 6.07) is 11.7. The van der Waals surface area contributed by atoms with E-state index in [1.807, 2.05) is 0 Å². The maximum absolute atomic E-state index is 3.85. The molecule has 1 unspecified atom stereocenters. The molecule has 1 heterocycles. The molecule has 2 nitrogen and oxygen atoms in total. The third kappa shape index (κ3) is 3.17. The SMILES string of the molecule is CCNC(Cc1ccccc1)C1(N2CCCC2)CCCC1. The van der Waals surface area contributed by atoms with Crippen molar-refractivity contribution in [1.29, 1.82) is 0 Å². The van der Waals surface area contributed by atoms with Crippen LogP contribution in [0.1, 0.15) is 51.0 Å². The Morgan fingerprint density at radius 3 is 2.33 bits per heavy atom. The molecular formula is C19H30N2. The van der Waals surface area contributed by atoms with Gasteiger partial charge in [0.05, 0.1) is 0 Å². The van der Waals surface area contributed by atoms with Gasteiger partial charge in [0.25, 0.3) is 0 Å². The number of nitrogens with zero attached hydrogens (tertiary/aromatic N) is 1. The molecule has 1 atom stereocenters.